The molecule has 0 aromatic heterocycles. The van der Waals surface area contributed by atoms with Crippen LogP contribution in [-0.4, -0.2) is 30.6 Å². The van der Waals surface area contributed by atoms with E-state index in [1.54, 1.807) is 0 Å². The number of aryl methyl sites for hydroxylation is 1. The Balaban J connectivity index is 2.10. The molecule has 1 aromatic rings. The van der Waals surface area contributed by atoms with Gasteiger partial charge in [-0.3, -0.25) is 4.90 Å². The molecule has 1 heterocycles. The zero-order valence-electron chi connectivity index (χ0n) is 13.4. The van der Waals surface area contributed by atoms with E-state index in [0.29, 0.717) is 6.04 Å². The van der Waals surface area contributed by atoms with Crippen LogP contribution < -0.4 is 5.32 Å². The number of piperidine rings is 1. The molecule has 0 saturated carbocycles. The molecule has 1 aromatic carbocycles. The first-order valence-electron chi connectivity index (χ1n) is 8.29. The molecule has 112 valence electrons. The Morgan fingerprint density at radius 3 is 2.75 bits per heavy atom. The lowest BCUT2D eigenvalue weighted by Crippen LogP contribution is -2.44. The van der Waals surface area contributed by atoms with Crippen molar-refractivity contribution < 1.29 is 0 Å². The van der Waals surface area contributed by atoms with E-state index in [1.807, 2.05) is 0 Å². The van der Waals surface area contributed by atoms with Gasteiger partial charge in [0, 0.05) is 18.6 Å². The van der Waals surface area contributed by atoms with Crippen molar-refractivity contribution in [1.82, 2.24) is 10.2 Å². The second kappa shape index (κ2) is 7.80. The number of hydrogen-bond donors (Lipinski definition) is 1. The normalized spacial score (nSPS) is 21.9. The predicted octanol–water partition coefficient (Wildman–Crippen LogP) is 3.91. The fourth-order valence-electron chi connectivity index (χ4n) is 3.49. The Hall–Kier alpha value is -0.860. The highest BCUT2D eigenvalue weighted by atomic mass is 15.2. The smallest absolute Gasteiger partial charge is 0.0451 e. The van der Waals surface area contributed by atoms with Gasteiger partial charge in [0.25, 0.3) is 0 Å². The average molecular weight is 274 g/mol. The molecule has 0 amide bonds. The van der Waals surface area contributed by atoms with Gasteiger partial charge in [0.05, 0.1) is 0 Å². The number of benzene rings is 1. The van der Waals surface area contributed by atoms with E-state index in [2.05, 4.69) is 55.3 Å². The van der Waals surface area contributed by atoms with Gasteiger partial charge in [0.15, 0.2) is 0 Å². The summed E-state index contributed by atoms with van der Waals surface area (Å²) < 4.78 is 0. The highest BCUT2D eigenvalue weighted by Gasteiger charge is 2.24. The summed E-state index contributed by atoms with van der Waals surface area (Å²) >= 11 is 0. The quantitative estimate of drug-likeness (QED) is 0.846. The van der Waals surface area contributed by atoms with Crippen molar-refractivity contribution in [3.05, 3.63) is 35.4 Å². The van der Waals surface area contributed by atoms with Gasteiger partial charge in [-0.2, -0.15) is 0 Å². The Kier molecular flexibility index (Phi) is 6.06. The molecule has 1 fully saturated rings. The van der Waals surface area contributed by atoms with E-state index in [1.165, 1.54) is 43.4 Å². The third-order valence-corrected chi connectivity index (χ3v) is 4.65. The van der Waals surface area contributed by atoms with Gasteiger partial charge in [-0.05, 0) is 50.4 Å². The Morgan fingerprint density at radius 2 is 2.05 bits per heavy atom. The molecule has 2 rings (SSSR count). The Morgan fingerprint density at radius 1 is 1.25 bits per heavy atom. The lowest BCUT2D eigenvalue weighted by atomic mass is 9.96. The van der Waals surface area contributed by atoms with Crippen molar-refractivity contribution in [3.63, 3.8) is 0 Å². The minimum absolute atomic E-state index is 0.466. The van der Waals surface area contributed by atoms with Crippen LogP contribution in [0.3, 0.4) is 0 Å². The number of nitrogens with one attached hydrogen (secondary N) is 1. The third kappa shape index (κ3) is 3.83. The summed E-state index contributed by atoms with van der Waals surface area (Å²) in [6, 6.07) is 10.1. The van der Waals surface area contributed by atoms with Crippen LogP contribution in [0.5, 0.6) is 0 Å². The molecule has 2 atom stereocenters. The summed E-state index contributed by atoms with van der Waals surface area (Å²) in [5.74, 6) is 0. The third-order valence-electron chi connectivity index (χ3n) is 4.65. The molecular weight excluding hydrogens is 244 g/mol. The molecule has 1 saturated heterocycles. The van der Waals surface area contributed by atoms with Crippen LogP contribution in [0.25, 0.3) is 0 Å². The van der Waals surface area contributed by atoms with Gasteiger partial charge in [0.1, 0.15) is 0 Å². The van der Waals surface area contributed by atoms with Crippen LogP contribution in [-0.2, 0) is 0 Å². The van der Waals surface area contributed by atoms with Gasteiger partial charge in [-0.15, -0.1) is 0 Å². The second-order valence-corrected chi connectivity index (χ2v) is 6.02. The lowest BCUT2D eigenvalue weighted by Gasteiger charge is -2.38. The largest absolute Gasteiger partial charge is 0.309 e. The van der Waals surface area contributed by atoms with Gasteiger partial charge >= 0.3 is 0 Å². The summed E-state index contributed by atoms with van der Waals surface area (Å²) in [6.45, 7) is 10.2. The molecular formula is C18H30N2. The highest BCUT2D eigenvalue weighted by Crippen LogP contribution is 2.24. The van der Waals surface area contributed by atoms with E-state index in [-0.39, 0.29) is 0 Å². The monoisotopic (exact) mass is 274 g/mol. The van der Waals surface area contributed by atoms with Crippen LogP contribution in [0.15, 0.2) is 24.3 Å². The fourth-order valence-corrected chi connectivity index (χ4v) is 3.49. The van der Waals surface area contributed by atoms with Crippen LogP contribution >= 0.6 is 0 Å². The van der Waals surface area contributed by atoms with Gasteiger partial charge in [-0.1, -0.05) is 44.5 Å². The van der Waals surface area contributed by atoms with Crippen molar-refractivity contribution in [3.8, 4) is 0 Å². The maximum atomic E-state index is 3.69. The van der Waals surface area contributed by atoms with Crippen LogP contribution in [0.1, 0.15) is 56.7 Å². The number of rotatable bonds is 6. The van der Waals surface area contributed by atoms with Gasteiger partial charge in [-0.25, -0.2) is 0 Å². The molecule has 1 N–H and O–H groups in total. The summed E-state index contributed by atoms with van der Waals surface area (Å²) in [6.07, 6.45) is 5.43. The molecule has 0 radical (unpaired) electrons. The van der Waals surface area contributed by atoms with Crippen molar-refractivity contribution in [2.45, 2.75) is 58.5 Å². The van der Waals surface area contributed by atoms with Crippen LogP contribution in [0.4, 0.5) is 0 Å². The maximum Gasteiger partial charge on any atom is 0.0451 e. The number of hydrogen-bond acceptors (Lipinski definition) is 2. The van der Waals surface area contributed by atoms with Crippen molar-refractivity contribution >= 4 is 0 Å². The van der Waals surface area contributed by atoms with E-state index >= 15 is 0 Å². The van der Waals surface area contributed by atoms with E-state index in [0.717, 1.165) is 19.1 Å². The van der Waals surface area contributed by atoms with Crippen molar-refractivity contribution in [1.29, 1.82) is 0 Å². The first kappa shape index (κ1) is 15.5. The van der Waals surface area contributed by atoms with Crippen molar-refractivity contribution in [2.75, 3.05) is 19.6 Å². The zero-order valence-corrected chi connectivity index (χ0v) is 13.4. The average Bonchev–Trinajstić information content (AvgIpc) is 2.48. The summed E-state index contributed by atoms with van der Waals surface area (Å²) in [5.41, 5.74) is 2.87. The summed E-state index contributed by atoms with van der Waals surface area (Å²) in [5, 5.41) is 3.69. The van der Waals surface area contributed by atoms with Gasteiger partial charge < -0.3 is 5.32 Å². The molecule has 20 heavy (non-hydrogen) atoms. The molecule has 0 spiro atoms. The second-order valence-electron chi connectivity index (χ2n) is 6.02. The van der Waals surface area contributed by atoms with E-state index in [9.17, 15) is 0 Å². The minimum atomic E-state index is 0.466. The molecule has 1 aliphatic heterocycles. The van der Waals surface area contributed by atoms with E-state index < -0.39 is 0 Å². The molecule has 1 aliphatic rings. The summed E-state index contributed by atoms with van der Waals surface area (Å²) in [7, 11) is 0. The SMILES string of the molecule is CCNC(CN1CCCCC1CC)c1ccccc1C. The Bertz CT molecular complexity index is 402. The topological polar surface area (TPSA) is 15.3 Å². The first-order chi connectivity index (χ1) is 9.76. The first-order valence-corrected chi connectivity index (χ1v) is 8.29. The number of likely N-dealkylation sites (N-methyl/N-ethyl adjacent to an activating group) is 1. The Labute approximate surface area is 124 Å². The maximum absolute atomic E-state index is 3.69. The fraction of sp³-hybridized carbons (Fsp3) is 0.667. The van der Waals surface area contributed by atoms with Crippen molar-refractivity contribution in [2.24, 2.45) is 0 Å². The minimum Gasteiger partial charge on any atom is -0.309 e. The standard InChI is InChI=1S/C18H30N2/c1-4-16-11-8-9-13-20(16)14-18(19-5-2)17-12-7-6-10-15(17)3/h6-7,10,12,16,18-19H,4-5,8-9,11,13-14H2,1-3H3. The van der Waals surface area contributed by atoms with E-state index in [4.69, 9.17) is 0 Å². The molecule has 2 nitrogen and oxygen atoms in total. The molecule has 2 unspecified atom stereocenters. The summed E-state index contributed by atoms with van der Waals surface area (Å²) in [4.78, 5) is 2.71. The molecule has 2 heteroatoms. The van der Waals surface area contributed by atoms with Crippen LogP contribution in [0.2, 0.25) is 0 Å². The number of nitrogens with zero attached hydrogens (tertiary/aromatic N) is 1. The predicted molar refractivity (Wildman–Crippen MR) is 87.1 cm³/mol. The van der Waals surface area contributed by atoms with Crippen LogP contribution in [0, 0.1) is 6.92 Å². The van der Waals surface area contributed by atoms with Gasteiger partial charge in [0.2, 0.25) is 0 Å². The molecule has 0 aliphatic carbocycles. The zero-order chi connectivity index (χ0) is 14.4. The number of likely N-dealkylation sites (tertiary alicyclic amines) is 1. The highest BCUT2D eigenvalue weighted by molar-refractivity contribution is 5.29. The molecule has 0 bridgehead atoms. The lowest BCUT2D eigenvalue weighted by molar-refractivity contribution is 0.129.